The zero-order chi connectivity index (χ0) is 12.3. The quantitative estimate of drug-likeness (QED) is 0.789. The van der Waals surface area contributed by atoms with Gasteiger partial charge in [-0.15, -0.1) is 0 Å². The van der Waals surface area contributed by atoms with Gasteiger partial charge in [-0.3, -0.25) is 4.79 Å². The second-order valence-corrected chi connectivity index (χ2v) is 4.81. The summed E-state index contributed by atoms with van der Waals surface area (Å²) in [4.78, 5) is 11.8. The van der Waals surface area contributed by atoms with E-state index in [1.807, 2.05) is 18.2 Å². The lowest BCUT2D eigenvalue weighted by Gasteiger charge is -2.18. The predicted octanol–water partition coefficient (Wildman–Crippen LogP) is 3.77. The SMILES string of the molecule is CCCC(C)Oc1ccc2c(c1)C(=O)CCC2. The second-order valence-electron chi connectivity index (χ2n) is 4.81. The molecule has 1 aromatic carbocycles. The predicted molar refractivity (Wildman–Crippen MR) is 68.7 cm³/mol. The molecule has 0 N–H and O–H groups in total. The standard InChI is InChI=1S/C15H20O2/c1-3-5-11(2)17-13-9-8-12-6-4-7-15(16)14(12)10-13/h8-11H,3-7H2,1-2H3. The summed E-state index contributed by atoms with van der Waals surface area (Å²) >= 11 is 0. The van der Waals surface area contributed by atoms with Crippen molar-refractivity contribution in [2.45, 2.75) is 52.1 Å². The zero-order valence-electron chi connectivity index (χ0n) is 10.7. The molecule has 1 aliphatic rings. The number of benzene rings is 1. The fourth-order valence-electron chi connectivity index (χ4n) is 2.38. The molecule has 92 valence electrons. The Morgan fingerprint density at radius 2 is 2.18 bits per heavy atom. The molecular formula is C15H20O2. The molecule has 0 fully saturated rings. The van der Waals surface area contributed by atoms with E-state index in [1.165, 1.54) is 5.56 Å². The molecule has 2 nitrogen and oxygen atoms in total. The van der Waals surface area contributed by atoms with Crippen LogP contribution in [0.4, 0.5) is 0 Å². The molecular weight excluding hydrogens is 212 g/mol. The number of aryl methyl sites for hydroxylation is 1. The van der Waals surface area contributed by atoms with Crippen molar-refractivity contribution in [1.29, 1.82) is 0 Å². The molecule has 0 amide bonds. The van der Waals surface area contributed by atoms with Crippen molar-refractivity contribution >= 4 is 5.78 Å². The maximum absolute atomic E-state index is 11.8. The largest absolute Gasteiger partial charge is 0.491 e. The molecule has 0 saturated heterocycles. The Morgan fingerprint density at radius 1 is 1.35 bits per heavy atom. The normalized spacial score (nSPS) is 16.5. The van der Waals surface area contributed by atoms with Crippen molar-refractivity contribution in [2.24, 2.45) is 0 Å². The van der Waals surface area contributed by atoms with Crippen LogP contribution in [0.5, 0.6) is 5.75 Å². The molecule has 2 rings (SSSR count). The second kappa shape index (κ2) is 5.35. The van der Waals surface area contributed by atoms with Crippen LogP contribution in [0.25, 0.3) is 0 Å². The highest BCUT2D eigenvalue weighted by atomic mass is 16.5. The molecule has 2 heteroatoms. The fraction of sp³-hybridized carbons (Fsp3) is 0.533. The highest BCUT2D eigenvalue weighted by molar-refractivity contribution is 5.98. The van der Waals surface area contributed by atoms with Gasteiger partial charge in [-0.1, -0.05) is 19.4 Å². The first-order valence-electron chi connectivity index (χ1n) is 6.53. The van der Waals surface area contributed by atoms with Gasteiger partial charge in [0.2, 0.25) is 0 Å². The van der Waals surface area contributed by atoms with Crippen LogP contribution in [0.2, 0.25) is 0 Å². The van der Waals surface area contributed by atoms with Gasteiger partial charge in [-0.05, 0) is 43.9 Å². The Labute approximate surface area is 103 Å². The molecule has 0 saturated carbocycles. The van der Waals surface area contributed by atoms with Gasteiger partial charge in [0, 0.05) is 12.0 Å². The van der Waals surface area contributed by atoms with Gasteiger partial charge in [-0.25, -0.2) is 0 Å². The number of hydrogen-bond acceptors (Lipinski definition) is 2. The van der Waals surface area contributed by atoms with Gasteiger partial charge in [0.05, 0.1) is 6.10 Å². The van der Waals surface area contributed by atoms with Crippen LogP contribution in [0.15, 0.2) is 18.2 Å². The summed E-state index contributed by atoms with van der Waals surface area (Å²) in [6, 6.07) is 5.95. The first-order chi connectivity index (χ1) is 8.20. The average molecular weight is 232 g/mol. The number of ether oxygens (including phenoxy) is 1. The molecule has 0 heterocycles. The van der Waals surface area contributed by atoms with Crippen LogP contribution in [-0.4, -0.2) is 11.9 Å². The smallest absolute Gasteiger partial charge is 0.163 e. The van der Waals surface area contributed by atoms with Crippen LogP contribution in [0, 0.1) is 0 Å². The highest BCUT2D eigenvalue weighted by Gasteiger charge is 2.17. The van der Waals surface area contributed by atoms with Crippen molar-refractivity contribution in [3.8, 4) is 5.75 Å². The molecule has 1 atom stereocenters. The Balaban J connectivity index is 2.15. The van der Waals surface area contributed by atoms with Crippen LogP contribution >= 0.6 is 0 Å². The first kappa shape index (κ1) is 12.2. The summed E-state index contributed by atoms with van der Waals surface area (Å²) < 4.78 is 5.82. The van der Waals surface area contributed by atoms with Crippen molar-refractivity contribution in [1.82, 2.24) is 0 Å². The van der Waals surface area contributed by atoms with Crippen molar-refractivity contribution < 1.29 is 9.53 Å². The summed E-state index contributed by atoms with van der Waals surface area (Å²) in [5.41, 5.74) is 2.05. The number of rotatable bonds is 4. The van der Waals surface area contributed by atoms with Gasteiger partial charge in [0.25, 0.3) is 0 Å². The third-order valence-electron chi connectivity index (χ3n) is 3.26. The average Bonchev–Trinajstić information content (AvgIpc) is 2.30. The van der Waals surface area contributed by atoms with E-state index < -0.39 is 0 Å². The highest BCUT2D eigenvalue weighted by Crippen LogP contribution is 2.26. The molecule has 0 aliphatic heterocycles. The van der Waals surface area contributed by atoms with E-state index in [1.54, 1.807) is 0 Å². The summed E-state index contributed by atoms with van der Waals surface area (Å²) in [6.07, 6.45) is 5.07. The van der Waals surface area contributed by atoms with Crippen molar-refractivity contribution in [2.75, 3.05) is 0 Å². The number of Topliss-reactive ketones (excluding diaryl/α,β-unsaturated/α-hetero) is 1. The Morgan fingerprint density at radius 3 is 2.94 bits per heavy atom. The lowest BCUT2D eigenvalue weighted by atomic mass is 9.90. The van der Waals surface area contributed by atoms with E-state index >= 15 is 0 Å². The lowest BCUT2D eigenvalue weighted by molar-refractivity contribution is 0.0971. The minimum Gasteiger partial charge on any atom is -0.491 e. The molecule has 0 aromatic heterocycles. The summed E-state index contributed by atoms with van der Waals surface area (Å²) in [5.74, 6) is 1.10. The molecule has 0 bridgehead atoms. The summed E-state index contributed by atoms with van der Waals surface area (Å²) in [7, 11) is 0. The van der Waals surface area contributed by atoms with Gasteiger partial charge in [-0.2, -0.15) is 0 Å². The number of hydrogen-bond donors (Lipinski definition) is 0. The summed E-state index contributed by atoms with van der Waals surface area (Å²) in [6.45, 7) is 4.22. The number of fused-ring (bicyclic) bond motifs is 1. The van der Waals surface area contributed by atoms with Gasteiger partial charge < -0.3 is 4.74 Å². The Hall–Kier alpha value is -1.31. The van der Waals surface area contributed by atoms with E-state index in [-0.39, 0.29) is 11.9 Å². The lowest BCUT2D eigenvalue weighted by Crippen LogP contribution is -2.14. The maximum Gasteiger partial charge on any atom is 0.163 e. The fourth-order valence-corrected chi connectivity index (χ4v) is 2.38. The van der Waals surface area contributed by atoms with E-state index in [9.17, 15) is 4.79 Å². The van der Waals surface area contributed by atoms with Gasteiger partial charge >= 0.3 is 0 Å². The van der Waals surface area contributed by atoms with Crippen LogP contribution in [0.3, 0.4) is 0 Å². The molecule has 1 unspecified atom stereocenters. The number of carbonyl (C=O) groups excluding carboxylic acids is 1. The van der Waals surface area contributed by atoms with E-state index in [0.717, 1.165) is 37.0 Å². The van der Waals surface area contributed by atoms with Crippen LogP contribution < -0.4 is 4.74 Å². The van der Waals surface area contributed by atoms with Crippen LogP contribution in [-0.2, 0) is 6.42 Å². The first-order valence-corrected chi connectivity index (χ1v) is 6.53. The van der Waals surface area contributed by atoms with Crippen molar-refractivity contribution in [3.05, 3.63) is 29.3 Å². The molecule has 17 heavy (non-hydrogen) atoms. The van der Waals surface area contributed by atoms with E-state index in [2.05, 4.69) is 13.8 Å². The third kappa shape index (κ3) is 2.87. The van der Waals surface area contributed by atoms with Gasteiger partial charge in [0.1, 0.15) is 5.75 Å². The zero-order valence-corrected chi connectivity index (χ0v) is 10.7. The monoisotopic (exact) mass is 232 g/mol. The van der Waals surface area contributed by atoms with Crippen molar-refractivity contribution in [3.63, 3.8) is 0 Å². The Kier molecular flexibility index (Phi) is 3.82. The minimum atomic E-state index is 0.219. The molecule has 0 radical (unpaired) electrons. The number of ketones is 1. The Bertz CT molecular complexity index is 409. The van der Waals surface area contributed by atoms with Crippen LogP contribution in [0.1, 0.15) is 55.5 Å². The minimum absolute atomic E-state index is 0.219. The molecule has 1 aliphatic carbocycles. The third-order valence-corrected chi connectivity index (χ3v) is 3.26. The van der Waals surface area contributed by atoms with E-state index in [4.69, 9.17) is 4.74 Å². The van der Waals surface area contributed by atoms with E-state index in [0.29, 0.717) is 6.42 Å². The molecule has 0 spiro atoms. The molecule has 1 aromatic rings. The topological polar surface area (TPSA) is 26.3 Å². The maximum atomic E-state index is 11.8. The number of carbonyl (C=O) groups is 1. The summed E-state index contributed by atoms with van der Waals surface area (Å²) in [5, 5.41) is 0. The van der Waals surface area contributed by atoms with Gasteiger partial charge in [0.15, 0.2) is 5.78 Å².